The lowest BCUT2D eigenvalue weighted by Gasteiger charge is -2.21. The van der Waals surface area contributed by atoms with E-state index in [-0.39, 0.29) is 25.7 Å². The SMILES string of the molecule is CCCCCC/C=C\C=C/CCCCCCCC(=O)OC[C@H](COP(=O)(O)OC[C@@H](O)COP(=O)(O)OC[C@@H](COC(=O)CCCCCCCCCCCCC)OC(=O)CCCCCCCCCCCCC(C)C)OC(=O)CCCCCCCCCCCCCCCCCCCCCC. The summed E-state index contributed by atoms with van der Waals surface area (Å²) in [6.07, 6.45) is 66.0. The first-order chi connectivity index (χ1) is 48.0. The Kier molecular flexibility index (Phi) is 70.7. The van der Waals surface area contributed by atoms with Gasteiger partial charge < -0.3 is 33.8 Å². The fraction of sp³-hybridized carbons (Fsp3) is 0.900. The van der Waals surface area contributed by atoms with Crippen molar-refractivity contribution in [1.29, 1.82) is 0 Å². The van der Waals surface area contributed by atoms with Gasteiger partial charge in [0.2, 0.25) is 0 Å². The number of ether oxygens (including phenoxy) is 4. The van der Waals surface area contributed by atoms with Gasteiger partial charge in [0.25, 0.3) is 0 Å². The Labute approximate surface area is 605 Å². The van der Waals surface area contributed by atoms with Crippen LogP contribution in [0, 0.1) is 5.92 Å². The summed E-state index contributed by atoms with van der Waals surface area (Å²) in [5.74, 6) is -1.39. The topological polar surface area (TPSA) is 237 Å². The predicted molar refractivity (Wildman–Crippen MR) is 404 cm³/mol. The molecule has 0 bridgehead atoms. The minimum Gasteiger partial charge on any atom is -0.462 e. The third-order valence-electron chi connectivity index (χ3n) is 18.2. The maximum atomic E-state index is 13.1. The Morgan fingerprint density at radius 2 is 0.545 bits per heavy atom. The van der Waals surface area contributed by atoms with Crippen LogP contribution in [0.25, 0.3) is 0 Å². The maximum Gasteiger partial charge on any atom is 0.472 e. The molecule has 0 aliphatic heterocycles. The molecular formula is C80H152O17P2. The maximum absolute atomic E-state index is 13.1. The molecule has 2 unspecified atom stereocenters. The molecule has 0 saturated carbocycles. The molecule has 5 atom stereocenters. The predicted octanol–water partition coefficient (Wildman–Crippen LogP) is 23.6. The van der Waals surface area contributed by atoms with Gasteiger partial charge in [-0.2, -0.15) is 0 Å². The summed E-state index contributed by atoms with van der Waals surface area (Å²) in [6.45, 7) is 7.24. The number of rotatable bonds is 78. The zero-order chi connectivity index (χ0) is 72.7. The third kappa shape index (κ3) is 73.6. The number of phosphoric ester groups is 2. The second-order valence-electron chi connectivity index (χ2n) is 28.6. The van der Waals surface area contributed by atoms with Crippen LogP contribution in [-0.2, 0) is 65.4 Å². The molecule has 584 valence electrons. The van der Waals surface area contributed by atoms with E-state index < -0.39 is 97.5 Å². The summed E-state index contributed by atoms with van der Waals surface area (Å²) < 4.78 is 68.6. The standard InChI is InChI=1S/C80H152O17P2/c1-6-9-12-15-18-21-24-26-28-29-30-31-32-34-36-39-45-50-55-60-65-79(84)96-75(70-91-78(83)64-59-54-49-44-38-35-33-27-25-22-19-16-13-10-7-2)71-94-98(86,87)92-67-74(81)68-93-99(88,89)95-72-76(69-90-77(82)63-58-53-48-43-37-23-20-17-14-11-8-3)97-80(85)66-61-56-51-46-41-40-42-47-52-57-62-73(4)5/h22,25,27,33,73-76,81H,6-21,23-24,26,28-32,34-72H2,1-5H3,(H,86,87)(H,88,89)/b25-22-,33-27-/t74-,75-,76-/m1/s1. The zero-order valence-corrected chi connectivity index (χ0v) is 65.9. The Hall–Kier alpha value is -2.46. The molecule has 3 N–H and O–H groups in total. The highest BCUT2D eigenvalue weighted by molar-refractivity contribution is 7.47. The van der Waals surface area contributed by atoms with E-state index >= 15 is 0 Å². The highest BCUT2D eigenvalue weighted by atomic mass is 31.2. The van der Waals surface area contributed by atoms with Gasteiger partial charge in [-0.1, -0.05) is 348 Å². The number of carbonyl (C=O) groups excluding carboxylic acids is 4. The summed E-state index contributed by atoms with van der Waals surface area (Å²) in [4.78, 5) is 72.9. The number of aliphatic hydroxyl groups is 1. The molecule has 99 heavy (non-hydrogen) atoms. The Bertz CT molecular complexity index is 1990. The number of allylic oxidation sites excluding steroid dienone is 4. The van der Waals surface area contributed by atoms with Crippen molar-refractivity contribution in [2.75, 3.05) is 39.6 Å². The lowest BCUT2D eigenvalue weighted by atomic mass is 10.0. The molecule has 0 aromatic heterocycles. The summed E-state index contributed by atoms with van der Waals surface area (Å²) in [7, 11) is -9.93. The molecule has 0 saturated heterocycles. The van der Waals surface area contributed by atoms with E-state index in [0.29, 0.717) is 25.7 Å². The molecule has 0 amide bonds. The third-order valence-corrected chi connectivity index (χ3v) is 20.1. The van der Waals surface area contributed by atoms with E-state index in [0.717, 1.165) is 115 Å². The van der Waals surface area contributed by atoms with Gasteiger partial charge in [-0.25, -0.2) is 9.13 Å². The van der Waals surface area contributed by atoms with Crippen LogP contribution in [0.15, 0.2) is 24.3 Å². The lowest BCUT2D eigenvalue weighted by Crippen LogP contribution is -2.30. The quantitative estimate of drug-likeness (QED) is 0.0169. The Morgan fingerprint density at radius 1 is 0.313 bits per heavy atom. The van der Waals surface area contributed by atoms with E-state index in [9.17, 15) is 43.2 Å². The van der Waals surface area contributed by atoms with Crippen LogP contribution >= 0.6 is 15.6 Å². The number of carbonyl (C=O) groups is 4. The normalized spacial score (nSPS) is 14.0. The average Bonchev–Trinajstić information content (AvgIpc) is 1.37. The molecule has 0 rings (SSSR count). The summed E-state index contributed by atoms with van der Waals surface area (Å²) in [5, 5.41) is 10.6. The molecule has 0 spiro atoms. The van der Waals surface area contributed by atoms with Crippen LogP contribution < -0.4 is 0 Å². The Balaban J connectivity index is 5.27. The van der Waals surface area contributed by atoms with Gasteiger partial charge >= 0.3 is 39.5 Å². The van der Waals surface area contributed by atoms with Crippen molar-refractivity contribution in [1.82, 2.24) is 0 Å². The summed E-state index contributed by atoms with van der Waals surface area (Å²) in [6, 6.07) is 0. The first-order valence-corrected chi connectivity index (χ1v) is 43.9. The molecule has 19 heteroatoms. The number of hydrogen-bond acceptors (Lipinski definition) is 15. The molecule has 0 aromatic rings. The van der Waals surface area contributed by atoms with Gasteiger partial charge in [0.05, 0.1) is 26.4 Å². The van der Waals surface area contributed by atoms with Crippen LogP contribution in [0.3, 0.4) is 0 Å². The van der Waals surface area contributed by atoms with Crippen molar-refractivity contribution in [3.63, 3.8) is 0 Å². The first-order valence-electron chi connectivity index (χ1n) is 41.0. The van der Waals surface area contributed by atoms with Crippen molar-refractivity contribution in [3.8, 4) is 0 Å². The molecule has 17 nitrogen and oxygen atoms in total. The Morgan fingerprint density at radius 3 is 0.828 bits per heavy atom. The minimum atomic E-state index is -4.97. The van der Waals surface area contributed by atoms with Crippen LogP contribution in [0.2, 0.25) is 0 Å². The number of aliphatic hydroxyl groups excluding tert-OH is 1. The van der Waals surface area contributed by atoms with Crippen LogP contribution in [0.4, 0.5) is 0 Å². The van der Waals surface area contributed by atoms with Gasteiger partial charge in [-0.05, 0) is 57.3 Å². The van der Waals surface area contributed by atoms with Gasteiger partial charge in [0, 0.05) is 25.7 Å². The zero-order valence-electron chi connectivity index (χ0n) is 64.1. The van der Waals surface area contributed by atoms with Gasteiger partial charge in [-0.3, -0.25) is 37.3 Å². The summed E-state index contributed by atoms with van der Waals surface area (Å²) >= 11 is 0. The first kappa shape index (κ1) is 96.5. The second-order valence-corrected chi connectivity index (χ2v) is 31.5. The van der Waals surface area contributed by atoms with Crippen LogP contribution in [-0.4, -0.2) is 96.7 Å². The molecule has 0 aromatic carbocycles. The fourth-order valence-corrected chi connectivity index (χ4v) is 13.4. The summed E-state index contributed by atoms with van der Waals surface area (Å²) in [5.41, 5.74) is 0. The average molecular weight is 1450 g/mol. The van der Waals surface area contributed by atoms with Crippen molar-refractivity contribution < 1.29 is 80.2 Å². The van der Waals surface area contributed by atoms with E-state index in [2.05, 4.69) is 58.9 Å². The lowest BCUT2D eigenvalue weighted by molar-refractivity contribution is -0.161. The van der Waals surface area contributed by atoms with Crippen LogP contribution in [0.5, 0.6) is 0 Å². The number of phosphoric acid groups is 2. The van der Waals surface area contributed by atoms with Gasteiger partial charge in [0.1, 0.15) is 19.3 Å². The molecule has 0 radical (unpaired) electrons. The highest BCUT2D eigenvalue weighted by Gasteiger charge is 2.30. The van der Waals surface area contributed by atoms with Gasteiger partial charge in [0.15, 0.2) is 12.2 Å². The number of unbranched alkanes of at least 4 members (excludes halogenated alkanes) is 47. The van der Waals surface area contributed by atoms with Crippen LogP contribution in [0.1, 0.15) is 401 Å². The number of hydrogen-bond donors (Lipinski definition) is 3. The van der Waals surface area contributed by atoms with Crippen molar-refractivity contribution in [3.05, 3.63) is 24.3 Å². The fourth-order valence-electron chi connectivity index (χ4n) is 11.9. The minimum absolute atomic E-state index is 0.102. The van der Waals surface area contributed by atoms with E-state index in [1.165, 1.54) is 205 Å². The van der Waals surface area contributed by atoms with Crippen molar-refractivity contribution >= 4 is 39.5 Å². The van der Waals surface area contributed by atoms with E-state index in [1.807, 2.05) is 0 Å². The molecule has 0 fully saturated rings. The molecule has 0 heterocycles. The monoisotopic (exact) mass is 1450 g/mol. The van der Waals surface area contributed by atoms with Gasteiger partial charge in [-0.15, -0.1) is 0 Å². The van der Waals surface area contributed by atoms with E-state index in [4.69, 9.17) is 37.0 Å². The molecule has 0 aliphatic carbocycles. The van der Waals surface area contributed by atoms with E-state index in [1.54, 1.807) is 0 Å². The van der Waals surface area contributed by atoms with Crippen molar-refractivity contribution in [2.45, 2.75) is 419 Å². The molecule has 0 aliphatic rings. The second kappa shape index (κ2) is 72.5. The van der Waals surface area contributed by atoms with Crippen molar-refractivity contribution in [2.24, 2.45) is 5.92 Å². The molecular weight excluding hydrogens is 1290 g/mol. The number of esters is 4. The smallest absolute Gasteiger partial charge is 0.462 e. The highest BCUT2D eigenvalue weighted by Crippen LogP contribution is 2.45. The largest absolute Gasteiger partial charge is 0.472 e.